The Hall–Kier alpha value is 0.0200. The zero-order valence-corrected chi connectivity index (χ0v) is 20.7. The zero-order valence-electron chi connectivity index (χ0n) is 14.2. The summed E-state index contributed by atoms with van der Waals surface area (Å²) < 4.78 is 67.4. The molecule has 0 aliphatic carbocycles. The molecule has 27 heavy (non-hydrogen) atoms. The van der Waals surface area contributed by atoms with E-state index in [0.29, 0.717) is 16.5 Å². The summed E-state index contributed by atoms with van der Waals surface area (Å²) in [5.41, 5.74) is 0.287. The third-order valence-electron chi connectivity index (χ3n) is 3.41. The van der Waals surface area contributed by atoms with Crippen molar-refractivity contribution in [2.75, 3.05) is 0 Å². The van der Waals surface area contributed by atoms with E-state index in [2.05, 4.69) is 0 Å². The predicted molar refractivity (Wildman–Crippen MR) is 87.0 cm³/mol. The Balaban J connectivity index is 0.00000182. The van der Waals surface area contributed by atoms with E-state index in [9.17, 15) is 30.7 Å². The smallest absolute Gasteiger partial charge is 0.744 e. The molecule has 0 bridgehead atoms. The van der Waals surface area contributed by atoms with E-state index in [4.69, 9.17) is 0 Å². The molecule has 0 saturated heterocycles. The maximum atomic E-state index is 12.3. The van der Waals surface area contributed by atoms with Crippen molar-refractivity contribution < 1.29 is 89.9 Å². The van der Waals surface area contributed by atoms with Crippen LogP contribution in [-0.4, -0.2) is 31.7 Å². The number of carbonyl (C=O) groups excluding carboxylic acids is 1. The first-order valence-corrected chi connectivity index (χ1v) is 10.3. The number of rotatable bonds is 3. The van der Waals surface area contributed by atoms with E-state index in [1.54, 1.807) is 24.3 Å². The van der Waals surface area contributed by atoms with E-state index in [-0.39, 0.29) is 75.4 Å². The molecule has 0 unspecified atom stereocenters. The van der Waals surface area contributed by atoms with Crippen molar-refractivity contribution in [3.8, 4) is 0 Å². The average Bonchev–Trinajstić information content (AvgIpc) is 2.82. The summed E-state index contributed by atoms with van der Waals surface area (Å²) in [5.74, 6) is -0.338. The summed E-state index contributed by atoms with van der Waals surface area (Å²) in [7, 11) is -9.99. The number of benzene rings is 2. The molecule has 0 fully saturated rings. The number of hydrogen-bond donors (Lipinski definition) is 0. The van der Waals surface area contributed by atoms with Gasteiger partial charge in [-0.3, -0.25) is 4.79 Å². The van der Waals surface area contributed by atoms with E-state index < -0.39 is 30.0 Å². The summed E-state index contributed by atoms with van der Waals surface area (Å²) in [5, 5.41) is 0. The Morgan fingerprint density at radius 3 is 2.07 bits per heavy atom. The van der Waals surface area contributed by atoms with Crippen LogP contribution >= 0.6 is 11.8 Å². The van der Waals surface area contributed by atoms with Gasteiger partial charge in [-0.15, -0.1) is 0 Å². The molecule has 0 amide bonds. The molecular weight excluding hydrogens is 434 g/mol. The maximum absolute atomic E-state index is 12.3. The van der Waals surface area contributed by atoms with E-state index in [0.717, 1.165) is 23.9 Å². The normalized spacial score (nSPS) is 15.0. The summed E-state index contributed by atoms with van der Waals surface area (Å²) >= 11 is 1.10. The standard InChI is InChI=1S/C15H10O7S3.2Na/c16-15-11-3-1-2-4-12(11)23-13(15)7-9-5-6-10(24(17,18)19)8-14(9)25(20,21)22;;/h1-8H,(H,17,18,19)(H,20,21,22);;/q;2*+1/p-2/b13-7-;;. The van der Waals surface area contributed by atoms with Gasteiger partial charge in [0.25, 0.3) is 0 Å². The molecule has 0 radical (unpaired) electrons. The topological polar surface area (TPSA) is 131 Å². The van der Waals surface area contributed by atoms with Gasteiger partial charge in [0.05, 0.1) is 14.7 Å². The molecule has 2 aromatic carbocycles. The maximum Gasteiger partial charge on any atom is 1.00 e. The van der Waals surface area contributed by atoms with Crippen molar-refractivity contribution in [1.29, 1.82) is 0 Å². The van der Waals surface area contributed by atoms with E-state index in [1.165, 1.54) is 6.08 Å². The number of fused-ring (bicyclic) bond motifs is 1. The largest absolute Gasteiger partial charge is 1.00 e. The predicted octanol–water partition coefficient (Wildman–Crippen LogP) is -4.17. The number of carbonyl (C=O) groups is 1. The van der Waals surface area contributed by atoms with Crippen LogP contribution in [0.3, 0.4) is 0 Å². The minimum absolute atomic E-state index is 0. The Kier molecular flexibility index (Phi) is 8.56. The van der Waals surface area contributed by atoms with Crippen LogP contribution in [0.1, 0.15) is 15.9 Å². The first kappa shape index (κ1) is 25.1. The third-order valence-corrected chi connectivity index (χ3v) is 6.23. The molecule has 12 heteroatoms. The minimum atomic E-state index is -5.06. The SMILES string of the molecule is O=C1/C(=C/c2ccc(S(=O)(=O)[O-])cc2S(=O)(=O)[O-])Sc2ccccc21.[Na+].[Na+]. The average molecular weight is 442 g/mol. The molecule has 0 aromatic heterocycles. The van der Waals surface area contributed by atoms with Crippen LogP contribution in [0, 0.1) is 0 Å². The van der Waals surface area contributed by atoms with Crippen molar-refractivity contribution >= 4 is 43.9 Å². The van der Waals surface area contributed by atoms with Gasteiger partial charge in [-0.2, -0.15) is 0 Å². The van der Waals surface area contributed by atoms with Gasteiger partial charge in [-0.1, -0.05) is 30.0 Å². The first-order valence-electron chi connectivity index (χ1n) is 6.66. The molecule has 0 N–H and O–H groups in total. The van der Waals surface area contributed by atoms with Gasteiger partial charge in [0.1, 0.15) is 20.2 Å². The molecule has 130 valence electrons. The van der Waals surface area contributed by atoms with Crippen LogP contribution in [0.4, 0.5) is 0 Å². The monoisotopic (exact) mass is 442 g/mol. The second-order valence-corrected chi connectivity index (χ2v) is 8.86. The number of hydrogen-bond acceptors (Lipinski definition) is 8. The third kappa shape index (κ3) is 5.55. The second-order valence-electron chi connectivity index (χ2n) is 5.04. The Labute approximate surface area is 204 Å². The molecule has 1 aliphatic heterocycles. The number of Topliss-reactive ketones (excluding diaryl/α,β-unsaturated/α-hetero) is 1. The molecule has 2 aromatic rings. The van der Waals surface area contributed by atoms with Gasteiger partial charge >= 0.3 is 59.1 Å². The molecule has 0 spiro atoms. The molecule has 3 rings (SSSR count). The Morgan fingerprint density at radius 1 is 0.889 bits per heavy atom. The first-order chi connectivity index (χ1) is 11.6. The molecule has 7 nitrogen and oxygen atoms in total. The quantitative estimate of drug-likeness (QED) is 0.266. The van der Waals surface area contributed by atoms with Crippen molar-refractivity contribution in [3.05, 3.63) is 58.5 Å². The molecule has 1 aliphatic rings. The van der Waals surface area contributed by atoms with Crippen LogP contribution in [0.25, 0.3) is 6.08 Å². The fourth-order valence-corrected chi connectivity index (χ4v) is 4.58. The van der Waals surface area contributed by atoms with Crippen LogP contribution in [0.5, 0.6) is 0 Å². The number of thioether (sulfide) groups is 1. The summed E-state index contributed by atoms with van der Waals surface area (Å²) in [6.45, 7) is 0. The van der Waals surface area contributed by atoms with E-state index >= 15 is 0 Å². The zero-order chi connectivity index (χ0) is 18.4. The van der Waals surface area contributed by atoms with Crippen molar-refractivity contribution in [2.45, 2.75) is 14.7 Å². The summed E-state index contributed by atoms with van der Waals surface area (Å²) in [4.78, 5) is 11.5. The van der Waals surface area contributed by atoms with Crippen LogP contribution in [-0.2, 0) is 20.2 Å². The molecule has 1 heterocycles. The van der Waals surface area contributed by atoms with Gasteiger partial charge in [0.2, 0.25) is 5.78 Å². The van der Waals surface area contributed by atoms with Gasteiger partial charge in [-0.25, -0.2) is 16.8 Å². The van der Waals surface area contributed by atoms with Crippen LogP contribution in [0.2, 0.25) is 0 Å². The second kappa shape index (κ2) is 9.23. The number of ketones is 1. The fourth-order valence-electron chi connectivity index (χ4n) is 2.28. The molecule has 0 saturated carbocycles. The molecule has 0 atom stereocenters. The van der Waals surface area contributed by atoms with Gasteiger partial charge < -0.3 is 9.11 Å². The van der Waals surface area contributed by atoms with Gasteiger partial charge in [-0.05, 0) is 35.9 Å². The summed E-state index contributed by atoms with van der Waals surface area (Å²) in [6.07, 6.45) is 1.19. The Bertz CT molecular complexity index is 1140. The van der Waals surface area contributed by atoms with Crippen molar-refractivity contribution in [1.82, 2.24) is 0 Å². The minimum Gasteiger partial charge on any atom is -0.744 e. The van der Waals surface area contributed by atoms with Gasteiger partial charge in [0, 0.05) is 10.5 Å². The van der Waals surface area contributed by atoms with Crippen molar-refractivity contribution in [2.24, 2.45) is 0 Å². The summed E-state index contributed by atoms with van der Waals surface area (Å²) in [6, 6.07) is 9.17. The van der Waals surface area contributed by atoms with Crippen LogP contribution in [0.15, 0.2) is 62.1 Å². The van der Waals surface area contributed by atoms with Gasteiger partial charge in [0.15, 0.2) is 0 Å². The van der Waals surface area contributed by atoms with Crippen LogP contribution < -0.4 is 59.1 Å². The van der Waals surface area contributed by atoms with Crippen molar-refractivity contribution in [3.63, 3.8) is 0 Å². The number of allylic oxidation sites excluding steroid dienone is 1. The Morgan fingerprint density at radius 2 is 1.52 bits per heavy atom. The fraction of sp³-hybridized carbons (Fsp3) is 0. The van der Waals surface area contributed by atoms with E-state index in [1.807, 2.05) is 0 Å². The molecular formula is C15H8Na2O7S3.